The average Bonchev–Trinajstić information content (AvgIpc) is 3.17. The molecule has 5 nitrogen and oxygen atoms in total. The summed E-state index contributed by atoms with van der Waals surface area (Å²) in [6, 6.07) is 23.1. The van der Waals surface area contributed by atoms with E-state index in [2.05, 4.69) is 35.0 Å². The Balaban J connectivity index is 1.66. The summed E-state index contributed by atoms with van der Waals surface area (Å²) in [5.41, 5.74) is 5.33. The zero-order valence-electron chi connectivity index (χ0n) is 19.1. The fourth-order valence-corrected chi connectivity index (χ4v) is 5.04. The van der Waals surface area contributed by atoms with Gasteiger partial charge >= 0.3 is 0 Å². The summed E-state index contributed by atoms with van der Waals surface area (Å²) in [6.45, 7) is 2.09. The number of nitrogens with zero attached hydrogens (tertiary/aromatic N) is 2. The van der Waals surface area contributed by atoms with Crippen LogP contribution in [-0.4, -0.2) is 28.3 Å². The van der Waals surface area contributed by atoms with E-state index in [1.54, 1.807) is 11.9 Å². The topological polar surface area (TPSA) is 54.3 Å². The highest BCUT2D eigenvalue weighted by molar-refractivity contribution is 6.05. The van der Waals surface area contributed by atoms with Crippen molar-refractivity contribution in [3.63, 3.8) is 0 Å². The van der Waals surface area contributed by atoms with Crippen LogP contribution in [-0.2, 0) is 18.3 Å². The van der Waals surface area contributed by atoms with Crippen LogP contribution in [0.2, 0.25) is 0 Å². The number of carbonyl (C=O) groups excluding carboxylic acids is 2. The van der Waals surface area contributed by atoms with Gasteiger partial charge in [-0.2, -0.15) is 0 Å². The summed E-state index contributed by atoms with van der Waals surface area (Å²) in [7, 11) is 3.79. The smallest absolute Gasteiger partial charge is 0.254 e. The molecule has 5 heteroatoms. The first-order valence-corrected chi connectivity index (χ1v) is 11.3. The Bertz CT molecular complexity index is 1370. The molecule has 0 spiro atoms. The van der Waals surface area contributed by atoms with Crippen molar-refractivity contribution in [2.24, 2.45) is 7.05 Å². The van der Waals surface area contributed by atoms with Crippen molar-refractivity contribution in [2.45, 2.75) is 25.3 Å². The largest absolute Gasteiger partial charge is 0.350 e. The van der Waals surface area contributed by atoms with E-state index in [1.807, 2.05) is 67.8 Å². The molecule has 0 fully saturated rings. The van der Waals surface area contributed by atoms with E-state index < -0.39 is 12.0 Å². The molecule has 33 heavy (non-hydrogen) atoms. The second-order valence-corrected chi connectivity index (χ2v) is 8.68. The van der Waals surface area contributed by atoms with E-state index in [1.165, 1.54) is 0 Å². The number of likely N-dealkylation sites (N-methyl/N-ethyl adjacent to an activating group) is 1. The number of amides is 2. The highest BCUT2D eigenvalue weighted by Crippen LogP contribution is 2.44. The number of aryl methyl sites for hydroxylation is 2. The highest BCUT2D eigenvalue weighted by atomic mass is 16.2. The predicted octanol–water partition coefficient (Wildman–Crippen LogP) is 5.29. The Morgan fingerprint density at radius 2 is 1.70 bits per heavy atom. The minimum absolute atomic E-state index is 0.0689. The van der Waals surface area contributed by atoms with Crippen molar-refractivity contribution in [1.82, 2.24) is 9.47 Å². The third kappa shape index (κ3) is 3.50. The van der Waals surface area contributed by atoms with E-state index >= 15 is 0 Å². The Morgan fingerprint density at radius 3 is 2.52 bits per heavy atom. The van der Waals surface area contributed by atoms with Crippen molar-refractivity contribution < 1.29 is 9.59 Å². The molecule has 1 N–H and O–H groups in total. The van der Waals surface area contributed by atoms with E-state index in [0.717, 1.165) is 39.7 Å². The maximum atomic E-state index is 13.9. The molecule has 2 atom stereocenters. The standard InChI is InChI=1S/C28H27N3O2/c1-4-18-10-9-11-19(16-18)29-27(32)25-21-13-5-6-14-22(21)28(33)31(3)26(25)23-17-30(2)24-15-8-7-12-20(23)24/h5-17,25-26H,4H2,1-3H3,(H,29,32). The van der Waals surface area contributed by atoms with Gasteiger partial charge in [-0.3, -0.25) is 9.59 Å². The van der Waals surface area contributed by atoms with Gasteiger partial charge < -0.3 is 14.8 Å². The van der Waals surface area contributed by atoms with Gasteiger partial charge in [0.1, 0.15) is 0 Å². The lowest BCUT2D eigenvalue weighted by Crippen LogP contribution is -2.44. The summed E-state index contributed by atoms with van der Waals surface area (Å²) in [5, 5.41) is 4.18. The second kappa shape index (κ2) is 8.24. The Kier molecular flexibility index (Phi) is 5.25. The molecule has 0 saturated heterocycles. The monoisotopic (exact) mass is 437 g/mol. The molecule has 1 aromatic heterocycles. The summed E-state index contributed by atoms with van der Waals surface area (Å²) in [4.78, 5) is 28.9. The summed E-state index contributed by atoms with van der Waals surface area (Å²) in [6.07, 6.45) is 2.94. The molecule has 2 unspecified atom stereocenters. The number of para-hydroxylation sites is 1. The maximum absolute atomic E-state index is 13.9. The number of anilines is 1. The van der Waals surface area contributed by atoms with Gasteiger partial charge in [-0.25, -0.2) is 0 Å². The van der Waals surface area contributed by atoms with Crippen molar-refractivity contribution in [1.29, 1.82) is 0 Å². The molecule has 1 aliphatic heterocycles. The Hall–Kier alpha value is -3.86. The lowest BCUT2D eigenvalue weighted by atomic mass is 9.79. The van der Waals surface area contributed by atoms with Gasteiger partial charge in [0.2, 0.25) is 5.91 Å². The van der Waals surface area contributed by atoms with E-state index in [-0.39, 0.29) is 11.8 Å². The van der Waals surface area contributed by atoms with Crippen molar-refractivity contribution in [3.05, 3.63) is 101 Å². The number of hydrogen-bond acceptors (Lipinski definition) is 2. The fraction of sp³-hybridized carbons (Fsp3) is 0.214. The normalized spacial score (nSPS) is 17.8. The van der Waals surface area contributed by atoms with Crippen LogP contribution in [0.25, 0.3) is 10.9 Å². The van der Waals surface area contributed by atoms with E-state index in [4.69, 9.17) is 0 Å². The van der Waals surface area contributed by atoms with Crippen LogP contribution in [0, 0.1) is 0 Å². The SMILES string of the molecule is CCc1cccc(NC(=O)C2c3ccccc3C(=O)N(C)C2c2cn(C)c3ccccc23)c1. The van der Waals surface area contributed by atoms with Gasteiger partial charge in [-0.05, 0) is 41.8 Å². The first-order chi connectivity index (χ1) is 16.0. The predicted molar refractivity (Wildman–Crippen MR) is 131 cm³/mol. The van der Waals surface area contributed by atoms with Crippen LogP contribution in [0.4, 0.5) is 5.69 Å². The van der Waals surface area contributed by atoms with Crippen LogP contribution in [0.1, 0.15) is 45.9 Å². The molecule has 0 saturated carbocycles. The molecule has 2 heterocycles. The zero-order valence-corrected chi connectivity index (χ0v) is 19.1. The third-order valence-electron chi connectivity index (χ3n) is 6.71. The molecule has 0 bridgehead atoms. The van der Waals surface area contributed by atoms with E-state index in [0.29, 0.717) is 5.56 Å². The lowest BCUT2D eigenvalue weighted by molar-refractivity contribution is -0.119. The highest BCUT2D eigenvalue weighted by Gasteiger charge is 2.43. The molecule has 2 amide bonds. The minimum atomic E-state index is -0.542. The van der Waals surface area contributed by atoms with Crippen LogP contribution in [0.3, 0.4) is 0 Å². The van der Waals surface area contributed by atoms with Crippen LogP contribution < -0.4 is 5.32 Å². The number of hydrogen-bond donors (Lipinski definition) is 1. The van der Waals surface area contributed by atoms with Gasteiger partial charge in [-0.1, -0.05) is 55.5 Å². The van der Waals surface area contributed by atoms with Gasteiger partial charge in [0.05, 0.1) is 12.0 Å². The number of nitrogens with one attached hydrogen (secondary N) is 1. The molecule has 4 aromatic rings. The quantitative estimate of drug-likeness (QED) is 0.472. The molecular weight excluding hydrogens is 410 g/mol. The number of aromatic nitrogens is 1. The van der Waals surface area contributed by atoms with Gasteiger partial charge in [-0.15, -0.1) is 0 Å². The summed E-state index contributed by atoms with van der Waals surface area (Å²) in [5.74, 6) is -0.728. The summed E-state index contributed by atoms with van der Waals surface area (Å²) < 4.78 is 2.06. The number of benzene rings is 3. The van der Waals surface area contributed by atoms with Crippen molar-refractivity contribution >= 4 is 28.4 Å². The molecule has 0 aliphatic carbocycles. The maximum Gasteiger partial charge on any atom is 0.254 e. The zero-order chi connectivity index (χ0) is 23.1. The van der Waals surface area contributed by atoms with Crippen LogP contribution >= 0.6 is 0 Å². The van der Waals surface area contributed by atoms with Crippen molar-refractivity contribution in [2.75, 3.05) is 12.4 Å². The number of fused-ring (bicyclic) bond motifs is 2. The Morgan fingerprint density at radius 1 is 0.939 bits per heavy atom. The first-order valence-electron chi connectivity index (χ1n) is 11.3. The summed E-state index contributed by atoms with van der Waals surface area (Å²) >= 11 is 0. The van der Waals surface area contributed by atoms with Crippen LogP contribution in [0.5, 0.6) is 0 Å². The molecule has 3 aromatic carbocycles. The molecule has 1 aliphatic rings. The van der Waals surface area contributed by atoms with Gasteiger partial charge in [0.25, 0.3) is 5.91 Å². The molecular formula is C28H27N3O2. The minimum Gasteiger partial charge on any atom is -0.350 e. The lowest BCUT2D eigenvalue weighted by Gasteiger charge is -2.39. The third-order valence-corrected chi connectivity index (χ3v) is 6.71. The second-order valence-electron chi connectivity index (χ2n) is 8.68. The van der Waals surface area contributed by atoms with Gasteiger partial charge in [0, 0.05) is 48.0 Å². The number of carbonyl (C=O) groups is 2. The first kappa shape index (κ1) is 21.0. The van der Waals surface area contributed by atoms with Crippen molar-refractivity contribution in [3.8, 4) is 0 Å². The molecule has 0 radical (unpaired) electrons. The van der Waals surface area contributed by atoms with E-state index in [9.17, 15) is 9.59 Å². The van der Waals surface area contributed by atoms with Gasteiger partial charge in [0.15, 0.2) is 0 Å². The molecule has 5 rings (SSSR count). The number of rotatable bonds is 4. The molecule has 166 valence electrons. The van der Waals surface area contributed by atoms with Crippen LogP contribution in [0.15, 0.2) is 79.0 Å². The Labute approximate surface area is 193 Å². The average molecular weight is 438 g/mol. The fourth-order valence-electron chi connectivity index (χ4n) is 5.04.